The van der Waals surface area contributed by atoms with E-state index in [-0.39, 0.29) is 5.91 Å². The molecule has 0 radical (unpaired) electrons. The van der Waals surface area contributed by atoms with Gasteiger partial charge in [0.2, 0.25) is 0 Å². The Morgan fingerprint density at radius 3 is 2.57 bits per heavy atom. The summed E-state index contributed by atoms with van der Waals surface area (Å²) in [6, 6.07) is 7.45. The number of nitrogens with two attached hydrogens (primary N) is 1. The van der Waals surface area contributed by atoms with Crippen LogP contribution >= 0.6 is 0 Å². The molecule has 0 aliphatic carbocycles. The van der Waals surface area contributed by atoms with Crippen molar-refractivity contribution in [2.24, 2.45) is 5.73 Å². The van der Waals surface area contributed by atoms with E-state index in [0.717, 1.165) is 25.1 Å². The van der Waals surface area contributed by atoms with Gasteiger partial charge >= 0.3 is 0 Å². The van der Waals surface area contributed by atoms with Crippen LogP contribution in [0.1, 0.15) is 29.3 Å². The van der Waals surface area contributed by atoms with E-state index in [1.54, 1.807) is 0 Å². The summed E-state index contributed by atoms with van der Waals surface area (Å²) >= 11 is 0. The molecule has 0 aliphatic heterocycles. The summed E-state index contributed by atoms with van der Waals surface area (Å²) < 4.78 is 0. The number of hydrogen-bond acceptors (Lipinski definition) is 3. The minimum absolute atomic E-state index is 0.0400. The van der Waals surface area contributed by atoms with Crippen molar-refractivity contribution in [1.29, 1.82) is 0 Å². The molecule has 0 saturated carbocycles. The van der Waals surface area contributed by atoms with Crippen LogP contribution in [-0.4, -0.2) is 56.0 Å². The van der Waals surface area contributed by atoms with E-state index in [4.69, 9.17) is 5.73 Å². The second kappa shape index (κ2) is 9.17. The van der Waals surface area contributed by atoms with Gasteiger partial charge in [-0.3, -0.25) is 4.79 Å². The lowest BCUT2D eigenvalue weighted by Crippen LogP contribution is -2.33. The largest absolute Gasteiger partial charge is 0.339 e. The number of carbonyl (C=O) groups is 1. The molecule has 1 rings (SSSR count). The van der Waals surface area contributed by atoms with Gasteiger partial charge in [-0.25, -0.2) is 0 Å². The maximum absolute atomic E-state index is 12.6. The van der Waals surface area contributed by atoms with Gasteiger partial charge < -0.3 is 15.5 Å². The SMILES string of the molecule is CCN(CCCN(C)C)C(=O)c1ccccc1C#CCN. The highest BCUT2D eigenvalue weighted by Crippen LogP contribution is 2.11. The van der Waals surface area contributed by atoms with Gasteiger partial charge in [0, 0.05) is 18.7 Å². The van der Waals surface area contributed by atoms with Crippen molar-refractivity contribution in [3.05, 3.63) is 35.4 Å². The number of benzene rings is 1. The van der Waals surface area contributed by atoms with Crippen molar-refractivity contribution < 1.29 is 4.79 Å². The third-order valence-corrected chi connectivity index (χ3v) is 3.18. The average molecular weight is 287 g/mol. The van der Waals surface area contributed by atoms with Gasteiger partial charge in [-0.15, -0.1) is 0 Å². The van der Waals surface area contributed by atoms with Crippen LogP contribution in [0, 0.1) is 11.8 Å². The minimum atomic E-state index is 0.0400. The van der Waals surface area contributed by atoms with Crippen LogP contribution < -0.4 is 5.73 Å². The highest BCUT2D eigenvalue weighted by molar-refractivity contribution is 5.96. The first-order chi connectivity index (χ1) is 10.1. The maximum Gasteiger partial charge on any atom is 0.255 e. The molecule has 0 unspecified atom stereocenters. The summed E-state index contributed by atoms with van der Waals surface area (Å²) in [5, 5.41) is 0. The Morgan fingerprint density at radius 1 is 1.24 bits per heavy atom. The standard InChI is InChI=1S/C17H25N3O/c1-4-20(14-8-13-19(2)3)17(21)16-11-6-5-9-15(16)10-7-12-18/h5-6,9,11H,4,8,12-14,18H2,1-3H3. The minimum Gasteiger partial charge on any atom is -0.339 e. The predicted molar refractivity (Wildman–Crippen MR) is 87.1 cm³/mol. The van der Waals surface area contributed by atoms with E-state index in [2.05, 4.69) is 16.7 Å². The third kappa shape index (κ3) is 5.58. The lowest BCUT2D eigenvalue weighted by atomic mass is 10.1. The Kier molecular flexibility index (Phi) is 7.52. The van der Waals surface area contributed by atoms with Gasteiger partial charge in [0.1, 0.15) is 0 Å². The van der Waals surface area contributed by atoms with Crippen molar-refractivity contribution in [3.63, 3.8) is 0 Å². The Labute approximate surface area is 127 Å². The Bertz CT molecular complexity index is 514. The fourth-order valence-electron chi connectivity index (χ4n) is 2.08. The van der Waals surface area contributed by atoms with E-state index in [9.17, 15) is 4.79 Å². The van der Waals surface area contributed by atoms with Gasteiger partial charge in [-0.1, -0.05) is 24.0 Å². The Hall–Kier alpha value is -1.83. The molecule has 4 heteroatoms. The molecule has 4 nitrogen and oxygen atoms in total. The number of carbonyl (C=O) groups excluding carboxylic acids is 1. The zero-order valence-corrected chi connectivity index (χ0v) is 13.2. The fraction of sp³-hybridized carbons (Fsp3) is 0.471. The molecule has 2 N–H and O–H groups in total. The van der Waals surface area contributed by atoms with E-state index in [0.29, 0.717) is 18.7 Å². The molecule has 0 fully saturated rings. The molecule has 0 spiro atoms. The van der Waals surface area contributed by atoms with Gasteiger partial charge in [-0.05, 0) is 46.1 Å². The molecular weight excluding hydrogens is 262 g/mol. The lowest BCUT2D eigenvalue weighted by Gasteiger charge is -2.22. The number of rotatable bonds is 6. The zero-order chi connectivity index (χ0) is 15.7. The van der Waals surface area contributed by atoms with E-state index in [1.165, 1.54) is 0 Å². The van der Waals surface area contributed by atoms with Crippen LogP contribution in [0.3, 0.4) is 0 Å². The average Bonchev–Trinajstić information content (AvgIpc) is 2.49. The summed E-state index contributed by atoms with van der Waals surface area (Å²) in [5.74, 6) is 5.83. The second-order valence-electron chi connectivity index (χ2n) is 5.09. The van der Waals surface area contributed by atoms with Crippen LogP contribution in [-0.2, 0) is 0 Å². The van der Waals surface area contributed by atoms with Gasteiger partial charge in [0.15, 0.2) is 0 Å². The van der Waals surface area contributed by atoms with Gasteiger partial charge in [-0.2, -0.15) is 0 Å². The molecule has 114 valence electrons. The number of nitrogens with zero attached hydrogens (tertiary/aromatic N) is 2. The summed E-state index contributed by atoms with van der Waals surface area (Å²) in [5.41, 5.74) is 6.82. The van der Waals surface area contributed by atoms with Crippen LogP contribution in [0.5, 0.6) is 0 Å². The summed E-state index contributed by atoms with van der Waals surface area (Å²) in [7, 11) is 4.08. The first-order valence-electron chi connectivity index (χ1n) is 7.32. The molecule has 1 aromatic carbocycles. The zero-order valence-electron chi connectivity index (χ0n) is 13.2. The topological polar surface area (TPSA) is 49.6 Å². The third-order valence-electron chi connectivity index (χ3n) is 3.18. The normalized spacial score (nSPS) is 10.1. The Morgan fingerprint density at radius 2 is 1.95 bits per heavy atom. The highest BCUT2D eigenvalue weighted by Gasteiger charge is 2.16. The molecule has 0 heterocycles. The second-order valence-corrected chi connectivity index (χ2v) is 5.09. The molecule has 0 bridgehead atoms. The lowest BCUT2D eigenvalue weighted by molar-refractivity contribution is 0.0759. The van der Waals surface area contributed by atoms with Crippen molar-refractivity contribution in [1.82, 2.24) is 9.80 Å². The molecule has 0 atom stereocenters. The van der Waals surface area contributed by atoms with Crippen molar-refractivity contribution in [2.75, 3.05) is 40.3 Å². The predicted octanol–water partition coefficient (Wildman–Crippen LogP) is 1.41. The summed E-state index contributed by atoms with van der Waals surface area (Å²) in [6.07, 6.45) is 0.962. The van der Waals surface area contributed by atoms with Crippen LogP contribution in [0.4, 0.5) is 0 Å². The first kappa shape index (κ1) is 17.2. The van der Waals surface area contributed by atoms with Crippen molar-refractivity contribution in [3.8, 4) is 11.8 Å². The van der Waals surface area contributed by atoms with Crippen LogP contribution in [0.25, 0.3) is 0 Å². The monoisotopic (exact) mass is 287 g/mol. The fourth-order valence-corrected chi connectivity index (χ4v) is 2.08. The molecule has 0 saturated heterocycles. The summed E-state index contributed by atoms with van der Waals surface area (Å²) in [6.45, 7) is 4.72. The number of hydrogen-bond donors (Lipinski definition) is 1. The first-order valence-corrected chi connectivity index (χ1v) is 7.32. The smallest absolute Gasteiger partial charge is 0.255 e. The van der Waals surface area contributed by atoms with Gasteiger partial charge in [0.25, 0.3) is 5.91 Å². The van der Waals surface area contributed by atoms with E-state index < -0.39 is 0 Å². The molecule has 0 aliphatic rings. The van der Waals surface area contributed by atoms with Crippen molar-refractivity contribution in [2.45, 2.75) is 13.3 Å². The van der Waals surface area contributed by atoms with E-state index in [1.807, 2.05) is 50.2 Å². The molecule has 0 aromatic heterocycles. The highest BCUT2D eigenvalue weighted by atomic mass is 16.2. The quantitative estimate of drug-likeness (QED) is 0.805. The molecular formula is C17H25N3O. The summed E-state index contributed by atoms with van der Waals surface area (Å²) in [4.78, 5) is 16.6. The maximum atomic E-state index is 12.6. The van der Waals surface area contributed by atoms with E-state index >= 15 is 0 Å². The van der Waals surface area contributed by atoms with Crippen LogP contribution in [0.2, 0.25) is 0 Å². The molecule has 21 heavy (non-hydrogen) atoms. The van der Waals surface area contributed by atoms with Crippen molar-refractivity contribution >= 4 is 5.91 Å². The van der Waals surface area contributed by atoms with Crippen LogP contribution in [0.15, 0.2) is 24.3 Å². The number of amides is 1. The Balaban J connectivity index is 2.85. The molecule has 1 amide bonds. The molecule has 1 aromatic rings. The van der Waals surface area contributed by atoms with Gasteiger partial charge in [0.05, 0.1) is 12.1 Å².